The first-order valence-corrected chi connectivity index (χ1v) is 10.5. The monoisotopic (exact) mass is 428 g/mol. The number of benzene rings is 2. The van der Waals surface area contributed by atoms with Gasteiger partial charge in [-0.15, -0.1) is 11.3 Å². The molecular formula is C22H24N2O5S. The predicted octanol–water partition coefficient (Wildman–Crippen LogP) is 4.25. The van der Waals surface area contributed by atoms with Gasteiger partial charge < -0.3 is 14.6 Å². The van der Waals surface area contributed by atoms with Gasteiger partial charge in [0.25, 0.3) is 0 Å². The normalized spacial score (nSPS) is 12.7. The number of nitrogens with one attached hydrogen (secondary N) is 1. The van der Waals surface area contributed by atoms with Crippen LogP contribution in [0.5, 0.6) is 5.75 Å². The van der Waals surface area contributed by atoms with E-state index in [0.717, 1.165) is 20.8 Å². The first kappa shape index (κ1) is 21.8. The van der Waals surface area contributed by atoms with Gasteiger partial charge in [0.15, 0.2) is 6.10 Å². The first-order valence-electron chi connectivity index (χ1n) is 9.64. The lowest BCUT2D eigenvalue weighted by molar-refractivity contribution is -0.149. The van der Waals surface area contributed by atoms with Crippen LogP contribution in [-0.4, -0.2) is 35.4 Å². The molecule has 158 valence electrons. The van der Waals surface area contributed by atoms with Gasteiger partial charge in [0.2, 0.25) is 0 Å². The number of aliphatic carboxylic acids is 1. The van der Waals surface area contributed by atoms with Gasteiger partial charge in [-0.1, -0.05) is 24.3 Å². The van der Waals surface area contributed by atoms with Crippen LogP contribution >= 0.6 is 11.3 Å². The van der Waals surface area contributed by atoms with E-state index in [1.54, 1.807) is 25.3 Å². The van der Waals surface area contributed by atoms with Crippen molar-refractivity contribution < 1.29 is 24.2 Å². The highest BCUT2D eigenvalue weighted by Gasteiger charge is 2.17. The molecule has 0 aliphatic carbocycles. The van der Waals surface area contributed by atoms with E-state index >= 15 is 0 Å². The van der Waals surface area contributed by atoms with Crippen LogP contribution in [0.4, 0.5) is 0 Å². The van der Waals surface area contributed by atoms with E-state index < -0.39 is 12.1 Å². The number of rotatable bonds is 11. The molecule has 3 aromatic rings. The molecule has 3 rings (SSSR count). The maximum atomic E-state index is 11.2. The van der Waals surface area contributed by atoms with Crippen molar-refractivity contribution in [2.75, 3.05) is 13.2 Å². The number of carbonyl (C=O) groups is 1. The molecule has 0 amide bonds. The van der Waals surface area contributed by atoms with Gasteiger partial charge in [-0.25, -0.2) is 9.78 Å². The van der Waals surface area contributed by atoms with Crippen LogP contribution in [0.25, 0.3) is 15.9 Å². The zero-order valence-electron chi connectivity index (χ0n) is 16.8. The molecule has 1 unspecified atom stereocenters. The molecule has 0 spiro atoms. The molecule has 0 saturated heterocycles. The Balaban J connectivity index is 1.72. The third kappa shape index (κ3) is 5.79. The van der Waals surface area contributed by atoms with Crippen LogP contribution in [-0.2, 0) is 20.8 Å². The summed E-state index contributed by atoms with van der Waals surface area (Å²) in [6, 6.07) is 15.1. The van der Waals surface area contributed by atoms with Gasteiger partial charge in [-0.3, -0.25) is 10.3 Å². The second-order valence-corrected chi connectivity index (χ2v) is 7.33. The Morgan fingerprint density at radius 3 is 2.60 bits per heavy atom. The van der Waals surface area contributed by atoms with Crippen molar-refractivity contribution in [2.45, 2.75) is 26.4 Å². The van der Waals surface area contributed by atoms with E-state index in [2.05, 4.69) is 10.5 Å². The second-order valence-electron chi connectivity index (χ2n) is 6.30. The lowest BCUT2D eigenvalue weighted by Gasteiger charge is -2.12. The molecule has 1 atom stereocenters. The van der Waals surface area contributed by atoms with Crippen molar-refractivity contribution in [2.24, 2.45) is 0 Å². The molecule has 0 fully saturated rings. The number of ether oxygens (including phenoxy) is 2. The van der Waals surface area contributed by atoms with Crippen LogP contribution < -0.4 is 10.2 Å². The summed E-state index contributed by atoms with van der Waals surface area (Å²) >= 11 is 1.54. The summed E-state index contributed by atoms with van der Waals surface area (Å²) in [7, 11) is 0. The smallest absolute Gasteiger partial charge is 0.333 e. The fourth-order valence-electron chi connectivity index (χ4n) is 2.72. The number of carboxylic acids is 1. The number of hydrogen-bond donors (Lipinski definition) is 2. The molecule has 0 saturated carbocycles. The Morgan fingerprint density at radius 2 is 1.93 bits per heavy atom. The molecular weight excluding hydrogens is 404 g/mol. The van der Waals surface area contributed by atoms with Crippen LogP contribution in [0.2, 0.25) is 0 Å². The number of hydroxylamine groups is 1. The molecule has 0 bridgehead atoms. The quantitative estimate of drug-likeness (QED) is 0.349. The fraction of sp³-hybridized carbons (Fsp3) is 0.273. The average Bonchev–Trinajstić information content (AvgIpc) is 3.18. The number of hydrogen-bond acceptors (Lipinski definition) is 7. The minimum atomic E-state index is -0.970. The lowest BCUT2D eigenvalue weighted by Crippen LogP contribution is -2.26. The Kier molecular flexibility index (Phi) is 7.78. The first-order chi connectivity index (χ1) is 14.6. The molecule has 0 aliphatic rings. The Morgan fingerprint density at radius 1 is 1.17 bits per heavy atom. The predicted molar refractivity (Wildman–Crippen MR) is 116 cm³/mol. The molecule has 8 heteroatoms. The Labute approximate surface area is 178 Å². The highest BCUT2D eigenvalue weighted by molar-refractivity contribution is 7.19. The molecule has 7 nitrogen and oxygen atoms in total. The number of thiazole rings is 1. The third-order valence-corrected chi connectivity index (χ3v) is 5.22. The highest BCUT2D eigenvalue weighted by atomic mass is 32.1. The van der Waals surface area contributed by atoms with E-state index in [1.807, 2.05) is 43.3 Å². The van der Waals surface area contributed by atoms with Gasteiger partial charge in [0.1, 0.15) is 22.7 Å². The van der Waals surface area contributed by atoms with Gasteiger partial charge in [-0.2, -0.15) is 0 Å². The lowest BCUT2D eigenvalue weighted by atomic mass is 10.1. The van der Waals surface area contributed by atoms with Gasteiger partial charge in [-0.05, 0) is 43.7 Å². The molecule has 1 heterocycles. The van der Waals surface area contributed by atoms with E-state index in [0.29, 0.717) is 31.1 Å². The van der Waals surface area contributed by atoms with Crippen LogP contribution in [0.15, 0.2) is 54.8 Å². The number of para-hydroxylation sites is 1. The van der Waals surface area contributed by atoms with Crippen LogP contribution in [0, 0.1) is 0 Å². The van der Waals surface area contributed by atoms with E-state index in [1.165, 1.54) is 11.3 Å². The van der Waals surface area contributed by atoms with Gasteiger partial charge in [0, 0.05) is 13.0 Å². The average molecular weight is 429 g/mol. The van der Waals surface area contributed by atoms with E-state index in [9.17, 15) is 9.90 Å². The van der Waals surface area contributed by atoms with Crippen molar-refractivity contribution in [1.29, 1.82) is 0 Å². The third-order valence-electron chi connectivity index (χ3n) is 4.15. The molecule has 0 radical (unpaired) electrons. The highest BCUT2D eigenvalue weighted by Crippen LogP contribution is 2.26. The Bertz CT molecular complexity index is 967. The van der Waals surface area contributed by atoms with E-state index in [4.69, 9.17) is 14.3 Å². The number of fused-ring (bicyclic) bond motifs is 1. The number of aromatic nitrogens is 1. The summed E-state index contributed by atoms with van der Waals surface area (Å²) < 4.78 is 12.1. The van der Waals surface area contributed by atoms with Crippen molar-refractivity contribution in [3.05, 3.63) is 65.4 Å². The SMILES string of the molecule is CCONC(=COc1ccc(CC(OCC)C(=O)O)cc1)c1nc2ccccc2s1. The van der Waals surface area contributed by atoms with Crippen LogP contribution in [0.3, 0.4) is 0 Å². The molecule has 1 aromatic heterocycles. The van der Waals surface area contributed by atoms with Gasteiger partial charge >= 0.3 is 5.97 Å². The van der Waals surface area contributed by atoms with E-state index in [-0.39, 0.29) is 0 Å². The summed E-state index contributed by atoms with van der Waals surface area (Å²) in [5.41, 5.74) is 5.26. The maximum absolute atomic E-state index is 11.2. The second kappa shape index (κ2) is 10.7. The van der Waals surface area contributed by atoms with Crippen molar-refractivity contribution in [1.82, 2.24) is 10.5 Å². The van der Waals surface area contributed by atoms with Crippen LogP contribution in [0.1, 0.15) is 24.4 Å². The summed E-state index contributed by atoms with van der Waals surface area (Å²) in [5.74, 6) is -0.360. The Hall–Kier alpha value is -2.94. The molecule has 30 heavy (non-hydrogen) atoms. The topological polar surface area (TPSA) is 89.9 Å². The number of nitrogens with zero attached hydrogens (tertiary/aromatic N) is 1. The van der Waals surface area contributed by atoms with Crippen molar-refractivity contribution in [3.8, 4) is 5.75 Å². The van der Waals surface area contributed by atoms with Gasteiger partial charge in [0.05, 0.1) is 16.8 Å². The zero-order chi connectivity index (χ0) is 21.3. The number of carboxylic acid groups (broad SMARTS) is 1. The summed E-state index contributed by atoms with van der Waals surface area (Å²) in [4.78, 5) is 21.2. The fourth-order valence-corrected chi connectivity index (χ4v) is 3.64. The maximum Gasteiger partial charge on any atom is 0.333 e. The molecule has 2 N–H and O–H groups in total. The largest absolute Gasteiger partial charge is 0.479 e. The summed E-state index contributed by atoms with van der Waals surface area (Å²) in [6.45, 7) is 4.50. The molecule has 2 aromatic carbocycles. The molecule has 0 aliphatic heterocycles. The van der Waals surface area contributed by atoms with Crippen molar-refractivity contribution >= 4 is 33.2 Å². The zero-order valence-corrected chi connectivity index (χ0v) is 17.6. The standard InChI is InChI=1S/C22H24N2O5S/c1-3-27-19(22(25)26)13-15-9-11-16(12-10-15)28-14-18(24-29-4-2)21-23-17-7-5-6-8-20(17)30-21/h5-12,14,19,24H,3-4,13H2,1-2H3,(H,25,26). The summed E-state index contributed by atoms with van der Waals surface area (Å²) in [5, 5.41) is 9.97. The summed E-state index contributed by atoms with van der Waals surface area (Å²) in [6.07, 6.45) is 0.993. The van der Waals surface area contributed by atoms with Crippen molar-refractivity contribution in [3.63, 3.8) is 0 Å². The minimum absolute atomic E-state index is 0.294. The minimum Gasteiger partial charge on any atom is -0.479 e.